The highest BCUT2D eigenvalue weighted by Gasteiger charge is 2.18. The Morgan fingerprint density at radius 3 is 2.50 bits per heavy atom. The maximum absolute atomic E-state index is 12.6. The van der Waals surface area contributed by atoms with Gasteiger partial charge in [0, 0.05) is 23.3 Å². The first-order valence-corrected chi connectivity index (χ1v) is 8.16. The van der Waals surface area contributed by atoms with Crippen molar-refractivity contribution in [1.29, 1.82) is 0 Å². The van der Waals surface area contributed by atoms with Gasteiger partial charge >= 0.3 is 0 Å². The number of nitro groups is 1. The van der Waals surface area contributed by atoms with E-state index in [1.54, 1.807) is 43.3 Å². The van der Waals surface area contributed by atoms with Crippen LogP contribution in [-0.4, -0.2) is 27.5 Å². The normalized spacial score (nSPS) is 11.2. The summed E-state index contributed by atoms with van der Waals surface area (Å²) in [7, 11) is 0. The Bertz CT molecular complexity index is 1110. The molecular weight excluding hydrogens is 362 g/mol. The minimum Gasteiger partial charge on any atom is -0.369 e. The number of hydrogen-bond donors (Lipinski definition) is 4. The zero-order chi connectivity index (χ0) is 20.3. The van der Waals surface area contributed by atoms with Crippen LogP contribution in [-0.2, 0) is 0 Å². The monoisotopic (exact) mass is 379 g/mol. The lowest BCUT2D eigenvalue weighted by Crippen LogP contribution is -2.22. The summed E-state index contributed by atoms with van der Waals surface area (Å²) in [6, 6.07) is 11.5. The largest absolute Gasteiger partial charge is 0.369 e. The number of guanidine groups is 1. The molecule has 0 aliphatic heterocycles. The molecule has 0 saturated heterocycles. The molecule has 6 N–H and O–H groups in total. The van der Waals surface area contributed by atoms with E-state index in [4.69, 9.17) is 11.5 Å². The molecule has 10 heteroatoms. The molecule has 1 amide bonds. The molecule has 0 radical (unpaired) electrons. The number of carbonyl (C=O) groups is 1. The van der Waals surface area contributed by atoms with Crippen LogP contribution < -0.4 is 16.8 Å². The van der Waals surface area contributed by atoms with E-state index < -0.39 is 4.92 Å². The molecule has 1 aromatic heterocycles. The number of anilines is 1. The van der Waals surface area contributed by atoms with E-state index in [-0.39, 0.29) is 17.6 Å². The molecule has 0 saturated carbocycles. The summed E-state index contributed by atoms with van der Waals surface area (Å²) >= 11 is 0. The molecule has 0 atom stereocenters. The third-order valence-electron chi connectivity index (χ3n) is 4.01. The van der Waals surface area contributed by atoms with Crippen molar-refractivity contribution in [3.63, 3.8) is 0 Å². The molecule has 142 valence electrons. The number of H-pyrrole nitrogens is 1. The number of fused-ring (bicyclic) bond motifs is 1. The van der Waals surface area contributed by atoms with Crippen molar-refractivity contribution in [2.24, 2.45) is 21.7 Å². The van der Waals surface area contributed by atoms with Crippen molar-refractivity contribution in [3.05, 3.63) is 69.9 Å². The average Bonchev–Trinajstić information content (AvgIpc) is 3.10. The van der Waals surface area contributed by atoms with Gasteiger partial charge in [-0.15, -0.1) is 5.10 Å². The number of carbonyl (C=O) groups excluding carboxylic acids is 1. The van der Waals surface area contributed by atoms with E-state index in [2.05, 4.69) is 20.5 Å². The highest BCUT2D eigenvalue weighted by atomic mass is 16.6. The van der Waals surface area contributed by atoms with Gasteiger partial charge in [-0.05, 0) is 24.6 Å². The molecule has 0 aliphatic rings. The molecule has 0 fully saturated rings. The Labute approximate surface area is 159 Å². The van der Waals surface area contributed by atoms with E-state index in [1.165, 1.54) is 12.3 Å². The van der Waals surface area contributed by atoms with Gasteiger partial charge in [-0.1, -0.05) is 24.3 Å². The molecule has 0 unspecified atom stereocenters. The standard InChI is InChI=1S/C18H17N7O3/c1-10(23-24-18(19)20)11-5-7-12(8-6-11)22-17(26)14-9-21-16-13(14)3-2-4-15(16)25(27)28/h2-9,21H,1H3,(H,22,26)(H4,19,20,24)/b23-10+. The number of nitrogens with one attached hydrogen (secondary N) is 2. The second-order valence-electron chi connectivity index (χ2n) is 5.90. The smallest absolute Gasteiger partial charge is 0.293 e. The number of aromatic amines is 1. The quantitative estimate of drug-likeness (QED) is 0.231. The minimum atomic E-state index is -0.495. The van der Waals surface area contributed by atoms with Gasteiger partial charge in [-0.3, -0.25) is 14.9 Å². The number of nitrogens with zero attached hydrogens (tertiary/aromatic N) is 3. The fraction of sp³-hybridized carbons (Fsp3) is 0.0556. The maximum Gasteiger partial charge on any atom is 0.293 e. The number of benzene rings is 2. The first kappa shape index (κ1) is 18.6. The van der Waals surface area contributed by atoms with E-state index in [9.17, 15) is 14.9 Å². The second-order valence-corrected chi connectivity index (χ2v) is 5.90. The lowest BCUT2D eigenvalue weighted by atomic mass is 10.1. The van der Waals surface area contributed by atoms with Crippen LogP contribution in [0.1, 0.15) is 22.8 Å². The molecule has 10 nitrogen and oxygen atoms in total. The predicted molar refractivity (Wildman–Crippen MR) is 107 cm³/mol. The summed E-state index contributed by atoms with van der Waals surface area (Å²) in [5.74, 6) is -0.521. The predicted octanol–water partition coefficient (Wildman–Crippen LogP) is 2.33. The Balaban J connectivity index is 1.81. The third-order valence-corrected chi connectivity index (χ3v) is 4.01. The zero-order valence-corrected chi connectivity index (χ0v) is 14.8. The van der Waals surface area contributed by atoms with Gasteiger partial charge in [-0.2, -0.15) is 5.10 Å². The average molecular weight is 379 g/mol. The van der Waals surface area contributed by atoms with Crippen molar-refractivity contribution in [1.82, 2.24) is 4.98 Å². The molecular formula is C18H17N7O3. The molecule has 0 spiro atoms. The molecule has 1 heterocycles. The zero-order valence-electron chi connectivity index (χ0n) is 14.8. The fourth-order valence-electron chi connectivity index (χ4n) is 2.66. The van der Waals surface area contributed by atoms with Crippen LogP contribution in [0, 0.1) is 10.1 Å². The van der Waals surface area contributed by atoms with E-state index in [0.717, 1.165) is 5.56 Å². The third kappa shape index (κ3) is 3.80. The molecule has 2 aromatic carbocycles. The van der Waals surface area contributed by atoms with Crippen LogP contribution >= 0.6 is 0 Å². The number of para-hydroxylation sites is 1. The second kappa shape index (κ2) is 7.58. The number of rotatable bonds is 5. The molecule has 3 rings (SSSR count). The number of nitrogens with two attached hydrogens (primary N) is 2. The van der Waals surface area contributed by atoms with Crippen molar-refractivity contribution in [2.45, 2.75) is 6.92 Å². The summed E-state index contributed by atoms with van der Waals surface area (Å²) in [6.45, 7) is 1.75. The van der Waals surface area contributed by atoms with Gasteiger partial charge in [0.15, 0.2) is 0 Å². The SMILES string of the molecule is C/C(=N\N=C(N)N)c1ccc(NC(=O)c2c[nH]c3c([N+](=O)[O-])cccc23)cc1. The van der Waals surface area contributed by atoms with Crippen LogP contribution in [0.15, 0.2) is 58.9 Å². The Kier molecular flexibility index (Phi) is 5.03. The minimum absolute atomic E-state index is 0.0866. The lowest BCUT2D eigenvalue weighted by Gasteiger charge is -2.06. The Morgan fingerprint density at radius 1 is 1.14 bits per heavy atom. The topological polar surface area (TPSA) is 165 Å². The van der Waals surface area contributed by atoms with Gasteiger partial charge in [0.25, 0.3) is 11.6 Å². The summed E-state index contributed by atoms with van der Waals surface area (Å²) in [5, 5.41) is 21.8. The first-order chi connectivity index (χ1) is 13.4. The number of nitro benzene ring substituents is 1. The van der Waals surface area contributed by atoms with Crippen LogP contribution in [0.2, 0.25) is 0 Å². The van der Waals surface area contributed by atoms with Crippen molar-refractivity contribution < 1.29 is 9.72 Å². The lowest BCUT2D eigenvalue weighted by molar-refractivity contribution is -0.383. The van der Waals surface area contributed by atoms with E-state index in [1.807, 2.05) is 0 Å². The number of non-ortho nitro benzene ring substituents is 1. The number of hydrogen-bond acceptors (Lipinski definition) is 5. The highest BCUT2D eigenvalue weighted by molar-refractivity contribution is 6.14. The summed E-state index contributed by atoms with van der Waals surface area (Å²) < 4.78 is 0. The van der Waals surface area contributed by atoms with E-state index in [0.29, 0.717) is 27.9 Å². The van der Waals surface area contributed by atoms with Crippen molar-refractivity contribution in [2.75, 3.05) is 5.32 Å². The van der Waals surface area contributed by atoms with Gasteiger partial charge in [0.05, 0.1) is 16.2 Å². The fourth-order valence-corrected chi connectivity index (χ4v) is 2.66. The molecule has 28 heavy (non-hydrogen) atoms. The van der Waals surface area contributed by atoms with Crippen LogP contribution in [0.5, 0.6) is 0 Å². The Morgan fingerprint density at radius 2 is 1.86 bits per heavy atom. The summed E-state index contributed by atoms with van der Waals surface area (Å²) in [4.78, 5) is 26.0. The van der Waals surface area contributed by atoms with Crippen molar-refractivity contribution >= 4 is 39.9 Å². The molecule has 0 aliphatic carbocycles. The molecule has 3 aromatic rings. The summed E-state index contributed by atoms with van der Waals surface area (Å²) in [6.07, 6.45) is 1.45. The van der Waals surface area contributed by atoms with Gasteiger partial charge in [0.1, 0.15) is 5.52 Å². The summed E-state index contributed by atoms with van der Waals surface area (Å²) in [5.41, 5.74) is 13.0. The van der Waals surface area contributed by atoms with Crippen LogP contribution in [0.25, 0.3) is 10.9 Å². The number of amides is 1. The Hall–Kier alpha value is -4.21. The maximum atomic E-state index is 12.6. The van der Waals surface area contributed by atoms with Crippen LogP contribution in [0.4, 0.5) is 11.4 Å². The van der Waals surface area contributed by atoms with Gasteiger partial charge in [0.2, 0.25) is 5.96 Å². The van der Waals surface area contributed by atoms with Crippen LogP contribution in [0.3, 0.4) is 0 Å². The number of aromatic nitrogens is 1. The van der Waals surface area contributed by atoms with Crippen molar-refractivity contribution in [3.8, 4) is 0 Å². The first-order valence-electron chi connectivity index (χ1n) is 8.16. The van der Waals surface area contributed by atoms with E-state index >= 15 is 0 Å². The van der Waals surface area contributed by atoms with Gasteiger partial charge in [-0.25, -0.2) is 0 Å². The highest BCUT2D eigenvalue weighted by Crippen LogP contribution is 2.27. The molecule has 0 bridgehead atoms. The van der Waals surface area contributed by atoms with Gasteiger partial charge < -0.3 is 21.8 Å².